The first kappa shape index (κ1) is 18.1. The Balaban J connectivity index is 1.95. The fourth-order valence-electron chi connectivity index (χ4n) is 2.82. The number of carbonyl (C=O) groups excluding carboxylic acids is 2. The standard InChI is InChI=1S/C19H18N4O4/c1-3-23-15-8-7-12(10-14(15)22-18(26)19(23)27)17(25)21-13-6-4-5-11(9-13)16(24)20-2/h4-10H,3H2,1-2H3,(H,20,24)(H,21,25)(H,22,26). The number of hydrogen-bond donors (Lipinski definition) is 3. The lowest BCUT2D eigenvalue weighted by molar-refractivity contribution is 0.0961. The number of hydrogen-bond acceptors (Lipinski definition) is 4. The number of anilines is 1. The Labute approximate surface area is 153 Å². The van der Waals surface area contributed by atoms with E-state index >= 15 is 0 Å². The Morgan fingerprint density at radius 3 is 2.48 bits per heavy atom. The highest BCUT2D eigenvalue weighted by Crippen LogP contribution is 2.15. The van der Waals surface area contributed by atoms with E-state index in [2.05, 4.69) is 15.6 Å². The minimum atomic E-state index is -0.736. The number of fused-ring (bicyclic) bond motifs is 1. The van der Waals surface area contributed by atoms with Gasteiger partial charge in [0.2, 0.25) is 0 Å². The number of aromatic nitrogens is 2. The minimum absolute atomic E-state index is 0.257. The van der Waals surface area contributed by atoms with Crippen molar-refractivity contribution < 1.29 is 9.59 Å². The first-order valence-electron chi connectivity index (χ1n) is 8.35. The monoisotopic (exact) mass is 366 g/mol. The van der Waals surface area contributed by atoms with Gasteiger partial charge in [0.15, 0.2) is 0 Å². The molecule has 8 heteroatoms. The summed E-state index contributed by atoms with van der Waals surface area (Å²) in [5.74, 6) is -0.659. The Hall–Kier alpha value is -3.68. The van der Waals surface area contributed by atoms with Crippen LogP contribution in [-0.4, -0.2) is 28.4 Å². The summed E-state index contributed by atoms with van der Waals surface area (Å²) in [4.78, 5) is 50.4. The van der Waals surface area contributed by atoms with Crippen LogP contribution >= 0.6 is 0 Å². The van der Waals surface area contributed by atoms with Gasteiger partial charge in [-0.25, -0.2) is 0 Å². The van der Waals surface area contributed by atoms with Gasteiger partial charge in [0.1, 0.15) is 0 Å². The molecule has 138 valence electrons. The van der Waals surface area contributed by atoms with E-state index in [1.165, 1.54) is 17.7 Å². The zero-order chi connectivity index (χ0) is 19.6. The Morgan fingerprint density at radius 2 is 1.78 bits per heavy atom. The van der Waals surface area contributed by atoms with Crippen LogP contribution in [-0.2, 0) is 6.54 Å². The number of rotatable bonds is 4. The number of benzene rings is 2. The van der Waals surface area contributed by atoms with E-state index < -0.39 is 17.0 Å². The molecule has 1 heterocycles. The lowest BCUT2D eigenvalue weighted by Gasteiger charge is -2.10. The number of H-pyrrole nitrogens is 1. The number of nitrogens with zero attached hydrogens (tertiary/aromatic N) is 1. The molecular weight excluding hydrogens is 348 g/mol. The number of nitrogens with one attached hydrogen (secondary N) is 3. The average molecular weight is 366 g/mol. The molecule has 2 amide bonds. The molecule has 0 aliphatic rings. The van der Waals surface area contributed by atoms with Crippen LogP contribution in [0.15, 0.2) is 52.1 Å². The smallest absolute Gasteiger partial charge is 0.316 e. The van der Waals surface area contributed by atoms with Gasteiger partial charge in [0, 0.05) is 30.4 Å². The molecule has 0 unspecified atom stereocenters. The summed E-state index contributed by atoms with van der Waals surface area (Å²) < 4.78 is 1.35. The molecule has 3 aromatic rings. The van der Waals surface area contributed by atoms with Crippen molar-refractivity contribution in [2.24, 2.45) is 0 Å². The Morgan fingerprint density at radius 1 is 1.04 bits per heavy atom. The van der Waals surface area contributed by atoms with Gasteiger partial charge in [-0.3, -0.25) is 19.2 Å². The second-order valence-electron chi connectivity index (χ2n) is 5.85. The van der Waals surface area contributed by atoms with E-state index in [4.69, 9.17) is 0 Å². The lowest BCUT2D eigenvalue weighted by Crippen LogP contribution is -2.36. The van der Waals surface area contributed by atoms with Crippen molar-refractivity contribution >= 4 is 28.5 Å². The van der Waals surface area contributed by atoms with Crippen molar-refractivity contribution in [1.29, 1.82) is 0 Å². The average Bonchev–Trinajstić information content (AvgIpc) is 2.68. The largest absolute Gasteiger partial charge is 0.355 e. The number of aromatic amines is 1. The summed E-state index contributed by atoms with van der Waals surface area (Å²) in [6.07, 6.45) is 0. The van der Waals surface area contributed by atoms with Gasteiger partial charge in [-0.1, -0.05) is 6.07 Å². The fraction of sp³-hybridized carbons (Fsp3) is 0.158. The number of carbonyl (C=O) groups is 2. The van der Waals surface area contributed by atoms with Crippen LogP contribution in [0.1, 0.15) is 27.6 Å². The van der Waals surface area contributed by atoms with Gasteiger partial charge in [-0.05, 0) is 43.3 Å². The predicted octanol–water partition coefficient (Wildman–Crippen LogP) is 1.32. The molecule has 0 bridgehead atoms. The van der Waals surface area contributed by atoms with Gasteiger partial charge in [0.05, 0.1) is 11.0 Å². The van der Waals surface area contributed by atoms with Crippen LogP contribution in [0.2, 0.25) is 0 Å². The zero-order valence-electron chi connectivity index (χ0n) is 14.8. The molecular formula is C19H18N4O4. The summed E-state index contributed by atoms with van der Waals surface area (Å²) in [5.41, 5.74) is 0.769. The lowest BCUT2D eigenvalue weighted by atomic mass is 10.1. The number of aryl methyl sites for hydroxylation is 1. The third-order valence-electron chi connectivity index (χ3n) is 4.16. The molecule has 27 heavy (non-hydrogen) atoms. The summed E-state index contributed by atoms with van der Waals surface area (Å²) in [5, 5.41) is 5.24. The van der Waals surface area contributed by atoms with Gasteiger partial charge in [-0.15, -0.1) is 0 Å². The molecule has 0 saturated carbocycles. The van der Waals surface area contributed by atoms with Crippen molar-refractivity contribution in [1.82, 2.24) is 14.9 Å². The second kappa shape index (κ2) is 7.28. The maximum atomic E-state index is 12.5. The van der Waals surface area contributed by atoms with Crippen molar-refractivity contribution in [3.63, 3.8) is 0 Å². The van der Waals surface area contributed by atoms with E-state index in [9.17, 15) is 19.2 Å². The summed E-state index contributed by atoms with van der Waals surface area (Å²) in [6.45, 7) is 2.11. The quantitative estimate of drug-likeness (QED) is 0.604. The molecule has 3 rings (SSSR count). The van der Waals surface area contributed by atoms with Crippen molar-refractivity contribution in [3.05, 3.63) is 74.3 Å². The van der Waals surface area contributed by atoms with E-state index in [0.29, 0.717) is 34.4 Å². The molecule has 0 atom stereocenters. The predicted molar refractivity (Wildman–Crippen MR) is 102 cm³/mol. The second-order valence-corrected chi connectivity index (χ2v) is 5.85. The number of amides is 2. The topological polar surface area (TPSA) is 113 Å². The third kappa shape index (κ3) is 3.50. The fourth-order valence-corrected chi connectivity index (χ4v) is 2.82. The molecule has 0 aliphatic carbocycles. The van der Waals surface area contributed by atoms with Gasteiger partial charge in [-0.2, -0.15) is 0 Å². The molecule has 3 N–H and O–H groups in total. The van der Waals surface area contributed by atoms with Crippen LogP contribution in [0.25, 0.3) is 11.0 Å². The Bertz CT molecular complexity index is 1160. The molecule has 0 fully saturated rings. The molecule has 0 radical (unpaired) electrons. The molecule has 2 aromatic carbocycles. The highest BCUT2D eigenvalue weighted by Gasteiger charge is 2.12. The van der Waals surface area contributed by atoms with Crippen molar-refractivity contribution in [2.45, 2.75) is 13.5 Å². The van der Waals surface area contributed by atoms with Crippen molar-refractivity contribution in [3.8, 4) is 0 Å². The van der Waals surface area contributed by atoms with Crippen LogP contribution in [0.5, 0.6) is 0 Å². The van der Waals surface area contributed by atoms with Gasteiger partial charge >= 0.3 is 11.1 Å². The van der Waals surface area contributed by atoms with Crippen LogP contribution in [0.4, 0.5) is 5.69 Å². The minimum Gasteiger partial charge on any atom is -0.355 e. The van der Waals surface area contributed by atoms with Crippen LogP contribution in [0, 0.1) is 0 Å². The molecule has 8 nitrogen and oxygen atoms in total. The maximum absolute atomic E-state index is 12.5. The maximum Gasteiger partial charge on any atom is 0.316 e. The van der Waals surface area contributed by atoms with E-state index in [-0.39, 0.29) is 5.91 Å². The van der Waals surface area contributed by atoms with E-state index in [1.54, 1.807) is 43.3 Å². The zero-order valence-corrected chi connectivity index (χ0v) is 14.8. The van der Waals surface area contributed by atoms with Crippen molar-refractivity contribution in [2.75, 3.05) is 12.4 Å². The molecule has 1 aromatic heterocycles. The highest BCUT2D eigenvalue weighted by atomic mass is 16.2. The normalized spacial score (nSPS) is 10.6. The first-order chi connectivity index (χ1) is 12.9. The molecule has 0 saturated heterocycles. The van der Waals surface area contributed by atoms with Crippen LogP contribution in [0.3, 0.4) is 0 Å². The highest BCUT2D eigenvalue weighted by molar-refractivity contribution is 6.06. The van der Waals surface area contributed by atoms with Gasteiger partial charge in [0.25, 0.3) is 11.8 Å². The Kier molecular flexibility index (Phi) is 4.89. The van der Waals surface area contributed by atoms with Gasteiger partial charge < -0.3 is 20.2 Å². The van der Waals surface area contributed by atoms with Crippen LogP contribution < -0.4 is 21.8 Å². The summed E-state index contributed by atoms with van der Waals surface area (Å²) in [7, 11) is 1.53. The summed E-state index contributed by atoms with van der Waals surface area (Å²) >= 11 is 0. The molecule has 0 aliphatic heterocycles. The SMILES string of the molecule is CCn1c(=O)c(=O)[nH]c2cc(C(=O)Nc3cccc(C(=O)NC)c3)ccc21. The van der Waals surface area contributed by atoms with E-state index in [1.807, 2.05) is 0 Å². The first-order valence-corrected chi connectivity index (χ1v) is 8.35. The third-order valence-corrected chi connectivity index (χ3v) is 4.16. The van der Waals surface area contributed by atoms with E-state index in [0.717, 1.165) is 0 Å². The summed E-state index contributed by atoms with van der Waals surface area (Å²) in [6, 6.07) is 11.2. The molecule has 0 spiro atoms.